The summed E-state index contributed by atoms with van der Waals surface area (Å²) in [5.74, 6) is 1.12. The molecule has 2 aliphatic heterocycles. The second-order valence-electron chi connectivity index (χ2n) is 8.04. The van der Waals surface area contributed by atoms with Gasteiger partial charge in [-0.2, -0.15) is 0 Å². The number of piperidine rings is 1. The van der Waals surface area contributed by atoms with Crippen LogP contribution in [0.5, 0.6) is 0 Å². The number of nitrogens with zero attached hydrogens (tertiary/aromatic N) is 2. The van der Waals surface area contributed by atoms with Gasteiger partial charge in [-0.3, -0.25) is 9.59 Å². The standard InChI is InChI=1S/C18H31N3O2.ClH/c1-14(2)11-18(6-4-7-18)17(23)20-9-3-5-15(13-20)21-10-8-19-12-16(21)22;/h14-15,19H,3-13H2,1-2H3;1H. The fourth-order valence-electron chi connectivity index (χ4n) is 4.63. The molecule has 3 aliphatic rings. The summed E-state index contributed by atoms with van der Waals surface area (Å²) in [6, 6.07) is 0.221. The van der Waals surface area contributed by atoms with Crippen molar-refractivity contribution in [3.8, 4) is 0 Å². The second kappa shape index (κ2) is 8.05. The fraction of sp³-hybridized carbons (Fsp3) is 0.889. The predicted octanol–water partition coefficient (Wildman–Crippen LogP) is 2.05. The fourth-order valence-corrected chi connectivity index (χ4v) is 4.63. The zero-order valence-electron chi connectivity index (χ0n) is 15.1. The number of hydrogen-bond donors (Lipinski definition) is 1. The lowest BCUT2D eigenvalue weighted by Gasteiger charge is -2.48. The Morgan fingerprint density at radius 1 is 1.29 bits per heavy atom. The second-order valence-corrected chi connectivity index (χ2v) is 8.04. The number of nitrogens with one attached hydrogen (secondary N) is 1. The SMILES string of the molecule is CC(C)CC1(C(=O)N2CCCC(N3CCNCC3=O)C2)CCC1.Cl. The number of carbonyl (C=O) groups is 2. The summed E-state index contributed by atoms with van der Waals surface area (Å²) in [5.41, 5.74) is -0.0937. The highest BCUT2D eigenvalue weighted by Crippen LogP contribution is 2.47. The van der Waals surface area contributed by atoms with Crippen molar-refractivity contribution >= 4 is 24.2 Å². The first-order chi connectivity index (χ1) is 11.0. The van der Waals surface area contributed by atoms with Crippen LogP contribution in [0.1, 0.15) is 52.4 Å². The average molecular weight is 358 g/mol. The maximum atomic E-state index is 13.2. The molecule has 3 rings (SSSR count). The molecule has 0 radical (unpaired) electrons. The van der Waals surface area contributed by atoms with Crippen molar-refractivity contribution in [3.05, 3.63) is 0 Å². The minimum Gasteiger partial charge on any atom is -0.340 e. The molecule has 6 heteroatoms. The van der Waals surface area contributed by atoms with Crippen molar-refractivity contribution in [2.75, 3.05) is 32.7 Å². The highest BCUT2D eigenvalue weighted by Gasteiger charge is 2.47. The number of carbonyl (C=O) groups excluding carboxylic acids is 2. The van der Waals surface area contributed by atoms with Crippen LogP contribution in [0.3, 0.4) is 0 Å². The van der Waals surface area contributed by atoms with Crippen molar-refractivity contribution < 1.29 is 9.59 Å². The molecule has 1 unspecified atom stereocenters. The normalized spacial score (nSPS) is 26.8. The molecule has 3 fully saturated rings. The number of piperazine rings is 1. The van der Waals surface area contributed by atoms with Gasteiger partial charge >= 0.3 is 0 Å². The van der Waals surface area contributed by atoms with Crippen molar-refractivity contribution in [2.45, 2.75) is 58.4 Å². The number of halogens is 1. The van der Waals surface area contributed by atoms with Gasteiger partial charge in [0.15, 0.2) is 0 Å². The quantitative estimate of drug-likeness (QED) is 0.837. The largest absolute Gasteiger partial charge is 0.340 e. The molecule has 0 aromatic rings. The van der Waals surface area contributed by atoms with Gasteiger partial charge in [0.25, 0.3) is 0 Å². The maximum Gasteiger partial charge on any atom is 0.236 e. The van der Waals surface area contributed by atoms with E-state index < -0.39 is 0 Å². The molecule has 5 nitrogen and oxygen atoms in total. The van der Waals surface area contributed by atoms with E-state index in [1.54, 1.807) is 0 Å². The number of likely N-dealkylation sites (tertiary alicyclic amines) is 1. The summed E-state index contributed by atoms with van der Waals surface area (Å²) >= 11 is 0. The lowest BCUT2D eigenvalue weighted by atomic mass is 9.63. The lowest BCUT2D eigenvalue weighted by Crippen LogP contribution is -2.59. The third kappa shape index (κ3) is 3.88. The molecule has 0 aromatic heterocycles. The zero-order chi connectivity index (χ0) is 16.4. The lowest BCUT2D eigenvalue weighted by molar-refractivity contribution is -0.153. The van der Waals surface area contributed by atoms with Crippen molar-refractivity contribution in [2.24, 2.45) is 11.3 Å². The Bertz CT molecular complexity index is 465. The number of hydrogen-bond acceptors (Lipinski definition) is 3. The van der Waals surface area contributed by atoms with E-state index >= 15 is 0 Å². The van der Waals surface area contributed by atoms with E-state index in [0.29, 0.717) is 18.4 Å². The molecule has 24 heavy (non-hydrogen) atoms. The Labute approximate surface area is 151 Å². The Morgan fingerprint density at radius 2 is 2.04 bits per heavy atom. The van der Waals surface area contributed by atoms with Crippen LogP contribution in [0.25, 0.3) is 0 Å². The van der Waals surface area contributed by atoms with Crippen molar-refractivity contribution in [3.63, 3.8) is 0 Å². The third-order valence-electron chi connectivity index (χ3n) is 5.81. The molecule has 2 amide bonds. The Hall–Kier alpha value is -0.810. The molecule has 0 aromatic carbocycles. The topological polar surface area (TPSA) is 52.7 Å². The summed E-state index contributed by atoms with van der Waals surface area (Å²) in [4.78, 5) is 29.4. The first-order valence-corrected chi connectivity index (χ1v) is 9.31. The Morgan fingerprint density at radius 3 is 2.62 bits per heavy atom. The minimum absolute atomic E-state index is 0. The van der Waals surface area contributed by atoms with Gasteiger partial charge in [-0.1, -0.05) is 20.3 Å². The van der Waals surface area contributed by atoms with Crippen LogP contribution < -0.4 is 5.32 Å². The monoisotopic (exact) mass is 357 g/mol. The number of rotatable bonds is 4. The highest BCUT2D eigenvalue weighted by atomic mass is 35.5. The van der Waals surface area contributed by atoms with E-state index in [1.165, 1.54) is 6.42 Å². The molecule has 2 heterocycles. The van der Waals surface area contributed by atoms with Crippen molar-refractivity contribution in [1.82, 2.24) is 15.1 Å². The van der Waals surface area contributed by atoms with Gasteiger partial charge in [-0.15, -0.1) is 12.4 Å². The molecule has 1 saturated carbocycles. The third-order valence-corrected chi connectivity index (χ3v) is 5.81. The van der Waals surface area contributed by atoms with E-state index in [0.717, 1.165) is 58.3 Å². The zero-order valence-corrected chi connectivity index (χ0v) is 15.9. The molecule has 0 spiro atoms. The molecule has 1 atom stereocenters. The predicted molar refractivity (Wildman–Crippen MR) is 97.2 cm³/mol. The first kappa shape index (κ1) is 19.5. The van der Waals surface area contributed by atoms with E-state index in [-0.39, 0.29) is 29.8 Å². The molecule has 0 bridgehead atoms. The van der Waals surface area contributed by atoms with Gasteiger partial charge in [-0.05, 0) is 38.0 Å². The summed E-state index contributed by atoms with van der Waals surface area (Å²) in [5, 5.41) is 3.13. The summed E-state index contributed by atoms with van der Waals surface area (Å²) < 4.78 is 0. The first-order valence-electron chi connectivity index (χ1n) is 9.31. The minimum atomic E-state index is -0.0937. The summed E-state index contributed by atoms with van der Waals surface area (Å²) in [6.45, 7) is 8.13. The molecular formula is C18H32ClN3O2. The van der Waals surface area contributed by atoms with Crippen LogP contribution >= 0.6 is 12.4 Å². The van der Waals surface area contributed by atoms with Crippen LogP contribution in [-0.2, 0) is 9.59 Å². The van der Waals surface area contributed by atoms with Gasteiger partial charge in [0.05, 0.1) is 6.54 Å². The van der Waals surface area contributed by atoms with Gasteiger partial charge in [-0.25, -0.2) is 0 Å². The van der Waals surface area contributed by atoms with Gasteiger partial charge in [0.1, 0.15) is 0 Å². The Kier molecular flexibility index (Phi) is 6.54. The van der Waals surface area contributed by atoms with Gasteiger partial charge in [0, 0.05) is 37.6 Å². The van der Waals surface area contributed by atoms with E-state index in [4.69, 9.17) is 0 Å². The average Bonchev–Trinajstić information content (AvgIpc) is 2.50. The van der Waals surface area contributed by atoms with Crippen molar-refractivity contribution in [1.29, 1.82) is 0 Å². The van der Waals surface area contributed by atoms with E-state index in [9.17, 15) is 9.59 Å². The van der Waals surface area contributed by atoms with Crippen LogP contribution in [0.4, 0.5) is 0 Å². The molecule has 1 N–H and O–H groups in total. The number of amides is 2. The van der Waals surface area contributed by atoms with Gasteiger partial charge in [0.2, 0.25) is 11.8 Å². The summed E-state index contributed by atoms with van der Waals surface area (Å²) in [7, 11) is 0. The van der Waals surface area contributed by atoms with Crippen LogP contribution in [0, 0.1) is 11.3 Å². The van der Waals surface area contributed by atoms with E-state index in [2.05, 4.69) is 24.1 Å². The smallest absolute Gasteiger partial charge is 0.236 e. The van der Waals surface area contributed by atoms with Gasteiger partial charge < -0.3 is 15.1 Å². The van der Waals surface area contributed by atoms with Crippen LogP contribution in [0.15, 0.2) is 0 Å². The van der Waals surface area contributed by atoms with Crippen LogP contribution in [-0.4, -0.2) is 60.4 Å². The van der Waals surface area contributed by atoms with Crippen LogP contribution in [0.2, 0.25) is 0 Å². The molecular weight excluding hydrogens is 326 g/mol. The molecule has 138 valence electrons. The molecule has 1 aliphatic carbocycles. The summed E-state index contributed by atoms with van der Waals surface area (Å²) in [6.07, 6.45) is 6.36. The van der Waals surface area contributed by atoms with E-state index in [1.807, 2.05) is 4.90 Å². The maximum absolute atomic E-state index is 13.2. The Balaban J connectivity index is 0.00000208. The molecule has 2 saturated heterocycles. The highest BCUT2D eigenvalue weighted by molar-refractivity contribution is 5.85.